The van der Waals surface area contributed by atoms with Crippen molar-refractivity contribution < 1.29 is 0 Å². The highest BCUT2D eigenvalue weighted by atomic mass is 35.5. The third kappa shape index (κ3) is 1.25. The first-order valence-electron chi connectivity index (χ1n) is 3.75. The van der Waals surface area contributed by atoms with Crippen LogP contribution in [0.1, 0.15) is 12.8 Å². The molecule has 2 rings (SSSR count). The number of hydrogen-bond donors (Lipinski definition) is 1. The fourth-order valence-corrected chi connectivity index (χ4v) is 2.32. The van der Waals surface area contributed by atoms with Gasteiger partial charge in [0, 0.05) is 12.0 Å². The molecule has 4 heteroatoms. The van der Waals surface area contributed by atoms with E-state index in [4.69, 9.17) is 18.0 Å². The number of halogens is 1. The molecule has 0 aromatic carbocycles. The summed E-state index contributed by atoms with van der Waals surface area (Å²) in [4.78, 5) is 3.19. The molecule has 2 aliphatic rings. The van der Waals surface area contributed by atoms with Crippen LogP contribution in [0.4, 0.5) is 0 Å². The van der Waals surface area contributed by atoms with Crippen LogP contribution in [0.15, 0.2) is 0 Å². The van der Waals surface area contributed by atoms with E-state index in [1.54, 1.807) is 0 Å². The molecule has 0 aromatic rings. The predicted molar refractivity (Wildman–Crippen MR) is 52.1 cm³/mol. The molecule has 0 radical (unpaired) electrons. The molecule has 2 heterocycles. The van der Waals surface area contributed by atoms with Crippen LogP contribution in [0, 0.1) is 5.41 Å². The second-order valence-electron chi connectivity index (χ2n) is 3.42. The Morgan fingerprint density at radius 1 is 1.36 bits per heavy atom. The van der Waals surface area contributed by atoms with E-state index in [2.05, 4.69) is 4.90 Å². The van der Waals surface area contributed by atoms with E-state index in [1.165, 1.54) is 25.9 Å². The van der Waals surface area contributed by atoms with Gasteiger partial charge in [-0.15, -0.1) is 12.4 Å². The third-order valence-electron chi connectivity index (χ3n) is 2.86. The van der Waals surface area contributed by atoms with Crippen LogP contribution in [0.2, 0.25) is 0 Å². The highest BCUT2D eigenvalue weighted by Crippen LogP contribution is 2.40. The zero-order chi connectivity index (χ0) is 7.19. The molecule has 0 aliphatic carbocycles. The van der Waals surface area contributed by atoms with E-state index in [9.17, 15) is 0 Å². The summed E-state index contributed by atoms with van der Waals surface area (Å²) in [6, 6.07) is 0. The maximum atomic E-state index is 5.67. The quantitative estimate of drug-likeness (QED) is 0.623. The largest absolute Gasteiger partial charge is 0.393 e. The molecule has 2 saturated heterocycles. The minimum atomic E-state index is 0. The number of piperidine rings is 1. The zero-order valence-electron chi connectivity index (χ0n) is 6.38. The van der Waals surface area contributed by atoms with Gasteiger partial charge in [-0.3, -0.25) is 0 Å². The van der Waals surface area contributed by atoms with Crippen LogP contribution in [-0.4, -0.2) is 29.5 Å². The summed E-state index contributed by atoms with van der Waals surface area (Å²) in [7, 11) is 0. The average Bonchev–Trinajstić information content (AvgIpc) is 2.45. The van der Waals surface area contributed by atoms with Gasteiger partial charge in [-0.1, -0.05) is 12.2 Å². The first-order chi connectivity index (χ1) is 4.73. The maximum Gasteiger partial charge on any atom is 0.0803 e. The Morgan fingerprint density at radius 2 is 1.91 bits per heavy atom. The minimum absolute atomic E-state index is 0. The van der Waals surface area contributed by atoms with Crippen molar-refractivity contribution in [2.75, 3.05) is 19.6 Å². The van der Waals surface area contributed by atoms with Crippen molar-refractivity contribution in [3.05, 3.63) is 0 Å². The molecule has 0 aromatic heterocycles. The van der Waals surface area contributed by atoms with Crippen LogP contribution in [0.25, 0.3) is 0 Å². The number of fused-ring (bicyclic) bond motifs is 2. The van der Waals surface area contributed by atoms with E-state index in [0.717, 1.165) is 11.5 Å². The summed E-state index contributed by atoms with van der Waals surface area (Å²) in [5.74, 6) is 0. The van der Waals surface area contributed by atoms with Gasteiger partial charge < -0.3 is 10.6 Å². The van der Waals surface area contributed by atoms with E-state index >= 15 is 0 Å². The molecule has 0 amide bonds. The fraction of sp³-hybridized carbons (Fsp3) is 0.857. The molecule has 0 saturated carbocycles. The summed E-state index contributed by atoms with van der Waals surface area (Å²) in [5.41, 5.74) is 5.92. The second kappa shape index (κ2) is 2.88. The summed E-state index contributed by atoms with van der Waals surface area (Å²) < 4.78 is 0. The third-order valence-corrected chi connectivity index (χ3v) is 3.30. The summed E-state index contributed by atoms with van der Waals surface area (Å²) in [6.07, 6.45) is 2.39. The lowest BCUT2D eigenvalue weighted by molar-refractivity contribution is 0.363. The lowest BCUT2D eigenvalue weighted by atomic mass is 9.85. The van der Waals surface area contributed by atoms with Crippen molar-refractivity contribution in [1.29, 1.82) is 0 Å². The average molecular weight is 193 g/mol. The van der Waals surface area contributed by atoms with Crippen LogP contribution in [-0.2, 0) is 0 Å². The topological polar surface area (TPSA) is 29.3 Å². The van der Waals surface area contributed by atoms with Gasteiger partial charge in [0.25, 0.3) is 0 Å². The molecule has 2 N–H and O–H groups in total. The van der Waals surface area contributed by atoms with E-state index in [1.807, 2.05) is 0 Å². The smallest absolute Gasteiger partial charge is 0.0803 e. The first-order valence-corrected chi connectivity index (χ1v) is 4.16. The van der Waals surface area contributed by atoms with Gasteiger partial charge in [0.2, 0.25) is 0 Å². The lowest BCUT2D eigenvalue weighted by Gasteiger charge is -2.22. The number of rotatable bonds is 1. The van der Waals surface area contributed by atoms with Crippen molar-refractivity contribution >= 4 is 29.6 Å². The molecule has 2 fully saturated rings. The Balaban J connectivity index is 0.000000605. The molecular weight excluding hydrogens is 180 g/mol. The highest BCUT2D eigenvalue weighted by Gasteiger charge is 2.45. The normalized spacial score (nSPS) is 40.2. The van der Waals surface area contributed by atoms with Gasteiger partial charge in [-0.05, 0) is 25.9 Å². The van der Waals surface area contributed by atoms with E-state index in [0.29, 0.717) is 0 Å². The Bertz CT molecular complexity index is 175. The molecule has 64 valence electrons. The summed E-state index contributed by atoms with van der Waals surface area (Å²) >= 11 is 5.04. The standard InChI is InChI=1S/C7H12N2S.ClH/c8-6(10)7-1-3-9(5-7)4-2-7;/h1-5H2,(H2,8,10);1H. The van der Waals surface area contributed by atoms with Crippen molar-refractivity contribution in [1.82, 2.24) is 4.90 Å². The van der Waals surface area contributed by atoms with Gasteiger partial charge in [0.15, 0.2) is 0 Å². The van der Waals surface area contributed by atoms with Gasteiger partial charge >= 0.3 is 0 Å². The van der Waals surface area contributed by atoms with Crippen molar-refractivity contribution in [2.45, 2.75) is 12.8 Å². The molecule has 0 atom stereocenters. The van der Waals surface area contributed by atoms with Crippen LogP contribution in [0.5, 0.6) is 0 Å². The molecule has 11 heavy (non-hydrogen) atoms. The maximum absolute atomic E-state index is 5.67. The molecule has 2 bridgehead atoms. The summed E-state index contributed by atoms with van der Waals surface area (Å²) in [6.45, 7) is 3.54. The Morgan fingerprint density at radius 3 is 2.09 bits per heavy atom. The monoisotopic (exact) mass is 192 g/mol. The Kier molecular flexibility index (Phi) is 2.42. The van der Waals surface area contributed by atoms with Crippen molar-refractivity contribution in [3.63, 3.8) is 0 Å². The van der Waals surface area contributed by atoms with E-state index < -0.39 is 0 Å². The van der Waals surface area contributed by atoms with Crippen LogP contribution in [0.3, 0.4) is 0 Å². The van der Waals surface area contributed by atoms with Crippen molar-refractivity contribution in [2.24, 2.45) is 11.1 Å². The molecule has 2 nitrogen and oxygen atoms in total. The number of hydrogen-bond acceptors (Lipinski definition) is 2. The molecular formula is C7H13ClN2S. The highest BCUT2D eigenvalue weighted by molar-refractivity contribution is 7.80. The van der Waals surface area contributed by atoms with Gasteiger partial charge in [0.1, 0.15) is 0 Å². The minimum Gasteiger partial charge on any atom is -0.393 e. The fourth-order valence-electron chi connectivity index (χ4n) is 2.05. The van der Waals surface area contributed by atoms with Gasteiger partial charge in [-0.2, -0.15) is 0 Å². The number of nitrogens with zero attached hydrogens (tertiary/aromatic N) is 1. The molecule has 2 aliphatic heterocycles. The van der Waals surface area contributed by atoms with E-state index in [-0.39, 0.29) is 17.8 Å². The molecule has 0 spiro atoms. The van der Waals surface area contributed by atoms with Crippen LogP contribution < -0.4 is 5.73 Å². The van der Waals surface area contributed by atoms with Crippen LogP contribution >= 0.6 is 24.6 Å². The Hall–Kier alpha value is 0.140. The Labute approximate surface area is 78.5 Å². The van der Waals surface area contributed by atoms with Crippen molar-refractivity contribution in [3.8, 4) is 0 Å². The van der Waals surface area contributed by atoms with Gasteiger partial charge in [0.05, 0.1) is 4.99 Å². The zero-order valence-corrected chi connectivity index (χ0v) is 8.01. The molecule has 0 unspecified atom stereocenters. The second-order valence-corrected chi connectivity index (χ2v) is 3.86. The van der Waals surface area contributed by atoms with Gasteiger partial charge in [-0.25, -0.2) is 0 Å². The lowest BCUT2D eigenvalue weighted by Crippen LogP contribution is -2.34. The SMILES string of the molecule is Cl.NC(=S)C12CCN(CC1)C2. The number of thiocarbonyl (C=S) groups is 1. The predicted octanol–water partition coefficient (Wildman–Crippen LogP) is 0.790. The first kappa shape index (κ1) is 9.23. The number of nitrogens with two attached hydrogens (primary N) is 1. The summed E-state index contributed by atoms with van der Waals surface area (Å²) in [5, 5.41) is 0.